The van der Waals surface area contributed by atoms with Crippen molar-refractivity contribution in [1.82, 2.24) is 9.97 Å². The lowest BCUT2D eigenvalue weighted by molar-refractivity contribution is 0.112. The fraction of sp³-hybridized carbons (Fsp3) is 0.600. The van der Waals surface area contributed by atoms with Crippen molar-refractivity contribution >= 4 is 33.2 Å². The fourth-order valence-electron chi connectivity index (χ4n) is 2.10. The average molecular weight is 313 g/mol. The molecule has 0 unspecified atom stereocenters. The summed E-state index contributed by atoms with van der Waals surface area (Å²) in [6.45, 7) is 7.56. The van der Waals surface area contributed by atoms with Crippen molar-refractivity contribution in [2.45, 2.75) is 53.1 Å². The summed E-state index contributed by atoms with van der Waals surface area (Å²) in [4.78, 5) is 11.1. The molecule has 0 saturated heterocycles. The number of rotatable bonds is 7. The molecule has 0 aromatic carbocycles. The van der Waals surface area contributed by atoms with Crippen LogP contribution in [-0.4, -0.2) is 16.6 Å². The highest BCUT2D eigenvalue weighted by Gasteiger charge is 2.13. The summed E-state index contributed by atoms with van der Waals surface area (Å²) in [5, 5.41) is 1.53. The van der Waals surface area contributed by atoms with Gasteiger partial charge in [-0.1, -0.05) is 37.8 Å². The highest BCUT2D eigenvalue weighted by molar-refractivity contribution is 7.18. The second-order valence-electron chi connectivity index (χ2n) is 5.01. The Morgan fingerprint density at radius 2 is 1.95 bits per heavy atom. The van der Waals surface area contributed by atoms with E-state index in [1.165, 1.54) is 29.7 Å². The molecule has 0 fully saturated rings. The van der Waals surface area contributed by atoms with Crippen LogP contribution in [0.2, 0.25) is 5.15 Å². The van der Waals surface area contributed by atoms with Crippen LogP contribution in [0.1, 0.15) is 48.9 Å². The largest absolute Gasteiger partial charge is 0.373 e. The Kier molecular flexibility index (Phi) is 5.75. The topological polar surface area (TPSA) is 35.0 Å². The van der Waals surface area contributed by atoms with E-state index in [0.29, 0.717) is 17.6 Å². The Bertz CT molecular complexity index is 583. The zero-order chi connectivity index (χ0) is 14.5. The molecule has 0 N–H and O–H groups in total. The minimum Gasteiger partial charge on any atom is -0.373 e. The van der Waals surface area contributed by atoms with E-state index in [1.54, 1.807) is 11.3 Å². The molecule has 0 amide bonds. The molecule has 0 aliphatic rings. The first-order chi connectivity index (χ1) is 9.63. The summed E-state index contributed by atoms with van der Waals surface area (Å²) in [5.41, 5.74) is 1.18. The van der Waals surface area contributed by atoms with Gasteiger partial charge in [-0.3, -0.25) is 0 Å². The van der Waals surface area contributed by atoms with Crippen molar-refractivity contribution in [1.29, 1.82) is 0 Å². The monoisotopic (exact) mass is 312 g/mol. The SMILES string of the molecule is CCCCCCOCc1nc(Cl)c2c(C)c(C)sc2n1. The summed E-state index contributed by atoms with van der Waals surface area (Å²) in [7, 11) is 0. The summed E-state index contributed by atoms with van der Waals surface area (Å²) >= 11 is 7.93. The Labute approximate surface area is 129 Å². The molecule has 2 aromatic rings. The van der Waals surface area contributed by atoms with Gasteiger partial charge < -0.3 is 4.74 Å². The molecule has 0 radical (unpaired) electrons. The van der Waals surface area contributed by atoms with Crippen molar-refractivity contribution in [3.8, 4) is 0 Å². The van der Waals surface area contributed by atoms with Gasteiger partial charge in [0.05, 0.1) is 5.39 Å². The number of ether oxygens (including phenoxy) is 1. The summed E-state index contributed by atoms with van der Waals surface area (Å²) in [6, 6.07) is 0. The van der Waals surface area contributed by atoms with E-state index in [1.807, 2.05) is 0 Å². The van der Waals surface area contributed by atoms with Crippen LogP contribution in [0.15, 0.2) is 0 Å². The van der Waals surface area contributed by atoms with Gasteiger partial charge >= 0.3 is 0 Å². The number of aromatic nitrogens is 2. The van der Waals surface area contributed by atoms with Gasteiger partial charge in [-0.2, -0.15) is 0 Å². The molecule has 20 heavy (non-hydrogen) atoms. The van der Waals surface area contributed by atoms with Crippen LogP contribution >= 0.6 is 22.9 Å². The fourth-order valence-corrected chi connectivity index (χ4v) is 3.53. The standard InChI is InChI=1S/C15H21ClN2OS/c1-4-5-6-7-8-19-9-12-17-14(16)13-10(2)11(3)20-15(13)18-12/h4-9H2,1-3H3. The second kappa shape index (κ2) is 7.34. The van der Waals surface area contributed by atoms with Crippen LogP contribution < -0.4 is 0 Å². The zero-order valence-corrected chi connectivity index (χ0v) is 13.9. The Hall–Kier alpha value is -0.710. The number of unbranched alkanes of at least 4 members (excludes halogenated alkanes) is 3. The molecule has 2 rings (SSSR count). The summed E-state index contributed by atoms with van der Waals surface area (Å²) in [6.07, 6.45) is 4.83. The molecule has 0 saturated carbocycles. The van der Waals surface area contributed by atoms with Crippen LogP contribution in [-0.2, 0) is 11.3 Å². The van der Waals surface area contributed by atoms with Crippen LogP contribution in [0.4, 0.5) is 0 Å². The van der Waals surface area contributed by atoms with Crippen molar-refractivity contribution in [3.05, 3.63) is 21.4 Å². The minimum atomic E-state index is 0.442. The molecular formula is C15H21ClN2OS. The van der Waals surface area contributed by atoms with Crippen molar-refractivity contribution in [2.75, 3.05) is 6.61 Å². The normalized spacial score (nSPS) is 11.4. The number of fused-ring (bicyclic) bond motifs is 1. The highest BCUT2D eigenvalue weighted by atomic mass is 35.5. The lowest BCUT2D eigenvalue weighted by Gasteiger charge is -2.04. The van der Waals surface area contributed by atoms with Crippen molar-refractivity contribution in [2.24, 2.45) is 0 Å². The summed E-state index contributed by atoms with van der Waals surface area (Å²) in [5.74, 6) is 0.680. The van der Waals surface area contributed by atoms with Gasteiger partial charge in [-0.15, -0.1) is 11.3 Å². The van der Waals surface area contributed by atoms with E-state index in [2.05, 4.69) is 30.7 Å². The number of halogens is 1. The van der Waals surface area contributed by atoms with Gasteiger partial charge in [0.25, 0.3) is 0 Å². The molecule has 5 heteroatoms. The lowest BCUT2D eigenvalue weighted by Crippen LogP contribution is -2.01. The maximum atomic E-state index is 6.26. The molecule has 0 aliphatic carbocycles. The molecule has 3 nitrogen and oxygen atoms in total. The van der Waals surface area contributed by atoms with Gasteiger partial charge in [0, 0.05) is 11.5 Å². The molecule has 0 atom stereocenters. The van der Waals surface area contributed by atoms with Crippen LogP contribution in [0.5, 0.6) is 0 Å². The Morgan fingerprint density at radius 3 is 2.70 bits per heavy atom. The van der Waals surface area contributed by atoms with E-state index in [9.17, 15) is 0 Å². The van der Waals surface area contributed by atoms with E-state index in [4.69, 9.17) is 16.3 Å². The molecule has 0 spiro atoms. The molecule has 0 bridgehead atoms. The molecular weight excluding hydrogens is 292 g/mol. The van der Waals surface area contributed by atoms with Gasteiger partial charge in [0.2, 0.25) is 0 Å². The van der Waals surface area contributed by atoms with E-state index in [0.717, 1.165) is 23.2 Å². The molecule has 2 aromatic heterocycles. The van der Waals surface area contributed by atoms with Gasteiger partial charge in [-0.05, 0) is 25.8 Å². The first-order valence-electron chi connectivity index (χ1n) is 7.13. The van der Waals surface area contributed by atoms with E-state index in [-0.39, 0.29) is 0 Å². The van der Waals surface area contributed by atoms with Gasteiger partial charge in [-0.25, -0.2) is 9.97 Å². The smallest absolute Gasteiger partial charge is 0.157 e. The predicted molar refractivity (Wildman–Crippen MR) is 85.7 cm³/mol. The van der Waals surface area contributed by atoms with Gasteiger partial charge in [0.15, 0.2) is 5.82 Å². The first kappa shape index (κ1) is 15.7. The number of hydrogen-bond donors (Lipinski definition) is 0. The quantitative estimate of drug-likeness (QED) is 0.529. The number of hydrogen-bond acceptors (Lipinski definition) is 4. The maximum Gasteiger partial charge on any atom is 0.157 e. The maximum absolute atomic E-state index is 6.26. The third kappa shape index (κ3) is 3.68. The lowest BCUT2D eigenvalue weighted by atomic mass is 10.2. The number of aryl methyl sites for hydroxylation is 2. The van der Waals surface area contributed by atoms with E-state index < -0.39 is 0 Å². The molecule has 0 aliphatic heterocycles. The Morgan fingerprint density at radius 1 is 1.15 bits per heavy atom. The van der Waals surface area contributed by atoms with Crippen LogP contribution in [0.3, 0.4) is 0 Å². The zero-order valence-electron chi connectivity index (χ0n) is 12.3. The molecule has 2 heterocycles. The third-order valence-corrected chi connectivity index (χ3v) is 4.78. The first-order valence-corrected chi connectivity index (χ1v) is 8.32. The predicted octanol–water partition coefficient (Wildman–Crippen LogP) is 5.06. The van der Waals surface area contributed by atoms with Gasteiger partial charge in [0.1, 0.15) is 16.6 Å². The Balaban J connectivity index is 1.98. The van der Waals surface area contributed by atoms with Crippen LogP contribution in [0, 0.1) is 13.8 Å². The van der Waals surface area contributed by atoms with Crippen LogP contribution in [0.25, 0.3) is 10.2 Å². The molecule has 110 valence electrons. The van der Waals surface area contributed by atoms with Crippen molar-refractivity contribution in [3.63, 3.8) is 0 Å². The number of thiophene rings is 1. The van der Waals surface area contributed by atoms with E-state index >= 15 is 0 Å². The average Bonchev–Trinajstić information content (AvgIpc) is 2.69. The second-order valence-corrected chi connectivity index (χ2v) is 6.57. The van der Waals surface area contributed by atoms with Crippen molar-refractivity contribution < 1.29 is 4.74 Å². The third-order valence-electron chi connectivity index (χ3n) is 3.40. The number of nitrogens with zero attached hydrogens (tertiary/aromatic N) is 2. The highest BCUT2D eigenvalue weighted by Crippen LogP contribution is 2.32. The summed E-state index contributed by atoms with van der Waals surface area (Å²) < 4.78 is 5.63. The minimum absolute atomic E-state index is 0.442.